The summed E-state index contributed by atoms with van der Waals surface area (Å²) in [6, 6.07) is 6.19. The highest BCUT2D eigenvalue weighted by Gasteiger charge is 2.28. The molecule has 0 bridgehead atoms. The lowest BCUT2D eigenvalue weighted by atomic mass is 10.2. The maximum atomic E-state index is 5.81. The Kier molecular flexibility index (Phi) is 2.35. The van der Waals surface area contributed by atoms with Gasteiger partial charge in [-0.1, -0.05) is 0 Å². The van der Waals surface area contributed by atoms with Crippen molar-refractivity contribution in [2.45, 2.75) is 25.8 Å². The second kappa shape index (κ2) is 3.87. The van der Waals surface area contributed by atoms with E-state index in [0.29, 0.717) is 6.04 Å². The molecule has 1 aliphatic rings. The number of hydrogen-bond donors (Lipinski definition) is 2. The van der Waals surface area contributed by atoms with Gasteiger partial charge in [-0.2, -0.15) is 0 Å². The number of rotatable bonds is 3. The van der Waals surface area contributed by atoms with E-state index in [1.54, 1.807) is 6.33 Å². The second-order valence-corrected chi connectivity index (χ2v) is 4.77. The molecule has 1 aromatic heterocycles. The first kappa shape index (κ1) is 10.3. The van der Waals surface area contributed by atoms with Crippen molar-refractivity contribution in [1.82, 2.24) is 9.97 Å². The molecule has 0 radical (unpaired) electrons. The van der Waals surface area contributed by atoms with Gasteiger partial charge in [-0.15, -0.1) is 0 Å². The minimum atomic E-state index is 0.467. The average Bonchev–Trinajstić information content (AvgIpc) is 3.13. The fourth-order valence-corrected chi connectivity index (χ4v) is 2.12. The van der Waals surface area contributed by atoms with Crippen LogP contribution in [0.4, 0.5) is 11.5 Å². The number of anilines is 2. The number of hydrogen-bond acceptors (Lipinski definition) is 4. The first-order valence-electron chi connectivity index (χ1n) is 6.01. The molecule has 0 amide bonds. The van der Waals surface area contributed by atoms with Crippen LogP contribution < -0.4 is 11.1 Å². The highest BCUT2D eigenvalue weighted by molar-refractivity contribution is 5.91. The molecule has 2 aromatic rings. The van der Waals surface area contributed by atoms with Crippen molar-refractivity contribution >= 4 is 22.4 Å². The van der Waals surface area contributed by atoms with E-state index in [-0.39, 0.29) is 0 Å². The van der Waals surface area contributed by atoms with Crippen molar-refractivity contribution in [3.05, 3.63) is 24.5 Å². The van der Waals surface area contributed by atoms with Gasteiger partial charge in [0.15, 0.2) is 0 Å². The molecule has 1 atom stereocenters. The number of aromatic nitrogens is 2. The summed E-state index contributed by atoms with van der Waals surface area (Å²) in [5.74, 6) is 1.68. The zero-order valence-electron chi connectivity index (χ0n) is 9.85. The SMILES string of the molecule is CC(Nc1ncnc2ccc(N)cc12)C1CC1. The van der Waals surface area contributed by atoms with Crippen molar-refractivity contribution in [2.75, 3.05) is 11.1 Å². The molecule has 4 nitrogen and oxygen atoms in total. The smallest absolute Gasteiger partial charge is 0.137 e. The summed E-state index contributed by atoms with van der Waals surface area (Å²) < 4.78 is 0. The highest BCUT2D eigenvalue weighted by Crippen LogP contribution is 2.34. The van der Waals surface area contributed by atoms with E-state index in [9.17, 15) is 0 Å². The normalized spacial score (nSPS) is 17.0. The van der Waals surface area contributed by atoms with Crippen LogP contribution in [0.25, 0.3) is 10.9 Å². The molecule has 88 valence electrons. The van der Waals surface area contributed by atoms with Crippen molar-refractivity contribution in [1.29, 1.82) is 0 Å². The standard InChI is InChI=1S/C13H16N4/c1-8(9-2-3-9)17-13-11-6-10(14)4-5-12(11)15-7-16-13/h4-9H,2-3,14H2,1H3,(H,15,16,17). The Balaban J connectivity index is 1.99. The minimum Gasteiger partial charge on any atom is -0.399 e. The van der Waals surface area contributed by atoms with Crippen molar-refractivity contribution in [3.8, 4) is 0 Å². The fourth-order valence-electron chi connectivity index (χ4n) is 2.12. The van der Waals surface area contributed by atoms with Gasteiger partial charge in [-0.05, 0) is 43.9 Å². The van der Waals surface area contributed by atoms with Gasteiger partial charge >= 0.3 is 0 Å². The van der Waals surface area contributed by atoms with Crippen molar-refractivity contribution in [2.24, 2.45) is 5.92 Å². The van der Waals surface area contributed by atoms with E-state index in [4.69, 9.17) is 5.73 Å². The van der Waals surface area contributed by atoms with E-state index >= 15 is 0 Å². The van der Waals surface area contributed by atoms with Gasteiger partial charge in [0.05, 0.1) is 5.52 Å². The van der Waals surface area contributed by atoms with Gasteiger partial charge in [-0.3, -0.25) is 0 Å². The molecule has 1 aliphatic carbocycles. The lowest BCUT2D eigenvalue weighted by Gasteiger charge is -2.14. The molecule has 4 heteroatoms. The van der Waals surface area contributed by atoms with Gasteiger partial charge in [0.25, 0.3) is 0 Å². The minimum absolute atomic E-state index is 0.467. The highest BCUT2D eigenvalue weighted by atomic mass is 15.0. The Labute approximate surface area is 100 Å². The van der Waals surface area contributed by atoms with E-state index < -0.39 is 0 Å². The lowest BCUT2D eigenvalue weighted by Crippen LogP contribution is -2.18. The van der Waals surface area contributed by atoms with Crippen LogP contribution in [0.2, 0.25) is 0 Å². The van der Waals surface area contributed by atoms with Gasteiger partial charge in [0.1, 0.15) is 12.1 Å². The first-order valence-corrected chi connectivity index (χ1v) is 6.01. The Hall–Kier alpha value is -1.84. The number of fused-ring (bicyclic) bond motifs is 1. The number of nitrogens with one attached hydrogen (secondary N) is 1. The quantitative estimate of drug-likeness (QED) is 0.792. The summed E-state index contributed by atoms with van der Waals surface area (Å²) >= 11 is 0. The molecular weight excluding hydrogens is 212 g/mol. The van der Waals surface area contributed by atoms with Crippen LogP contribution in [0.5, 0.6) is 0 Å². The van der Waals surface area contributed by atoms with Gasteiger partial charge in [0.2, 0.25) is 0 Å². The van der Waals surface area contributed by atoms with Crippen LogP contribution in [-0.4, -0.2) is 16.0 Å². The molecule has 3 rings (SSSR count). The number of nitrogen functional groups attached to an aromatic ring is 1. The largest absolute Gasteiger partial charge is 0.399 e. The van der Waals surface area contributed by atoms with Crippen LogP contribution in [-0.2, 0) is 0 Å². The topological polar surface area (TPSA) is 63.8 Å². The number of nitrogens with zero attached hydrogens (tertiary/aromatic N) is 2. The molecule has 1 unspecified atom stereocenters. The molecule has 3 N–H and O–H groups in total. The Morgan fingerprint density at radius 3 is 2.94 bits per heavy atom. The van der Waals surface area contributed by atoms with Crippen LogP contribution in [0.15, 0.2) is 24.5 Å². The molecule has 1 saturated carbocycles. The molecular formula is C13H16N4. The zero-order valence-corrected chi connectivity index (χ0v) is 9.85. The lowest BCUT2D eigenvalue weighted by molar-refractivity contribution is 0.691. The van der Waals surface area contributed by atoms with E-state index in [2.05, 4.69) is 22.2 Å². The number of benzene rings is 1. The molecule has 1 fully saturated rings. The third kappa shape index (κ3) is 2.02. The van der Waals surface area contributed by atoms with Crippen LogP contribution in [0.1, 0.15) is 19.8 Å². The predicted molar refractivity (Wildman–Crippen MR) is 69.8 cm³/mol. The second-order valence-electron chi connectivity index (χ2n) is 4.77. The third-order valence-electron chi connectivity index (χ3n) is 3.35. The van der Waals surface area contributed by atoms with Crippen molar-refractivity contribution < 1.29 is 0 Å². The molecule has 0 aliphatic heterocycles. The number of nitrogens with two attached hydrogens (primary N) is 1. The molecule has 1 heterocycles. The summed E-state index contributed by atoms with van der Waals surface area (Å²) in [5.41, 5.74) is 7.49. The summed E-state index contributed by atoms with van der Waals surface area (Å²) in [6.07, 6.45) is 4.24. The van der Waals surface area contributed by atoms with Gasteiger partial charge in [0, 0.05) is 17.1 Å². The van der Waals surface area contributed by atoms with Gasteiger partial charge < -0.3 is 11.1 Å². The fraction of sp³-hybridized carbons (Fsp3) is 0.385. The first-order chi connectivity index (χ1) is 8.24. The van der Waals surface area contributed by atoms with Crippen LogP contribution >= 0.6 is 0 Å². The maximum Gasteiger partial charge on any atom is 0.137 e. The molecule has 17 heavy (non-hydrogen) atoms. The summed E-state index contributed by atoms with van der Waals surface area (Å²) in [7, 11) is 0. The van der Waals surface area contributed by atoms with E-state index in [0.717, 1.165) is 28.3 Å². The maximum absolute atomic E-state index is 5.81. The van der Waals surface area contributed by atoms with Gasteiger partial charge in [-0.25, -0.2) is 9.97 Å². The average molecular weight is 228 g/mol. The van der Waals surface area contributed by atoms with Crippen LogP contribution in [0, 0.1) is 5.92 Å². The Bertz CT molecular complexity index is 548. The zero-order chi connectivity index (χ0) is 11.8. The third-order valence-corrected chi connectivity index (χ3v) is 3.35. The Morgan fingerprint density at radius 1 is 1.35 bits per heavy atom. The predicted octanol–water partition coefficient (Wildman–Crippen LogP) is 2.42. The molecule has 1 aromatic carbocycles. The molecule has 0 saturated heterocycles. The monoisotopic (exact) mass is 228 g/mol. The molecule has 0 spiro atoms. The Morgan fingerprint density at radius 2 is 2.18 bits per heavy atom. The van der Waals surface area contributed by atoms with E-state index in [1.807, 2.05) is 18.2 Å². The van der Waals surface area contributed by atoms with Crippen molar-refractivity contribution in [3.63, 3.8) is 0 Å². The van der Waals surface area contributed by atoms with E-state index in [1.165, 1.54) is 12.8 Å². The van der Waals surface area contributed by atoms with Crippen LogP contribution in [0.3, 0.4) is 0 Å². The summed E-state index contributed by atoms with van der Waals surface area (Å²) in [5, 5.41) is 4.47. The summed E-state index contributed by atoms with van der Waals surface area (Å²) in [4.78, 5) is 8.56. The summed E-state index contributed by atoms with van der Waals surface area (Å²) in [6.45, 7) is 2.21.